The van der Waals surface area contributed by atoms with Crippen molar-refractivity contribution in [1.82, 2.24) is 4.98 Å². The van der Waals surface area contributed by atoms with Crippen LogP contribution < -0.4 is 10.5 Å². The summed E-state index contributed by atoms with van der Waals surface area (Å²) >= 11 is 0. The number of carbonyl (C=O) groups excluding carboxylic acids is 2. The number of aliphatic hydroxyl groups excluding tert-OH is 1. The van der Waals surface area contributed by atoms with E-state index in [1.165, 1.54) is 18.3 Å². The van der Waals surface area contributed by atoms with E-state index in [2.05, 4.69) is 4.98 Å². The van der Waals surface area contributed by atoms with Gasteiger partial charge in [0.1, 0.15) is 23.5 Å². The van der Waals surface area contributed by atoms with Crippen molar-refractivity contribution in [2.24, 2.45) is 11.7 Å². The second-order valence-corrected chi connectivity index (χ2v) is 7.54. The maximum atomic E-state index is 12.1. The van der Waals surface area contributed by atoms with E-state index in [0.717, 1.165) is 0 Å². The van der Waals surface area contributed by atoms with Crippen LogP contribution in [-0.2, 0) is 9.53 Å². The fourth-order valence-electron chi connectivity index (χ4n) is 2.42. The number of hydrogen-bond donors (Lipinski definition) is 2. The van der Waals surface area contributed by atoms with E-state index in [1.807, 2.05) is 0 Å². The fourth-order valence-corrected chi connectivity index (χ4v) is 2.42. The number of hydrogen-bond acceptors (Lipinski definition) is 7. The standard InChI is InChI=1S/C21H26N2O5/c1-13(17(22)20(26)28-21(2,3)4)18(24)16-11-10-15(12-23-16)27-19(25)14-8-6-5-7-9-14/h5-13,17-18,24H,22H2,1-4H3/t13-,17?,18-/m0/s1. The molecule has 2 aromatic rings. The molecule has 7 nitrogen and oxygen atoms in total. The summed E-state index contributed by atoms with van der Waals surface area (Å²) in [4.78, 5) is 28.3. The van der Waals surface area contributed by atoms with E-state index in [0.29, 0.717) is 11.3 Å². The van der Waals surface area contributed by atoms with Crippen molar-refractivity contribution in [3.8, 4) is 5.75 Å². The van der Waals surface area contributed by atoms with Gasteiger partial charge in [0.05, 0.1) is 17.5 Å². The minimum atomic E-state index is -1.08. The van der Waals surface area contributed by atoms with Gasteiger partial charge >= 0.3 is 11.9 Å². The maximum absolute atomic E-state index is 12.1. The number of rotatable bonds is 6. The highest BCUT2D eigenvalue weighted by molar-refractivity contribution is 5.90. The number of nitrogens with zero attached hydrogens (tertiary/aromatic N) is 1. The summed E-state index contributed by atoms with van der Waals surface area (Å²) in [6.45, 7) is 6.88. The van der Waals surface area contributed by atoms with Gasteiger partial charge in [-0.1, -0.05) is 25.1 Å². The highest BCUT2D eigenvalue weighted by atomic mass is 16.6. The van der Waals surface area contributed by atoms with E-state index in [-0.39, 0.29) is 5.75 Å². The smallest absolute Gasteiger partial charge is 0.343 e. The monoisotopic (exact) mass is 386 g/mol. The van der Waals surface area contributed by atoms with Crippen molar-refractivity contribution in [3.05, 3.63) is 59.9 Å². The number of ether oxygens (including phenoxy) is 2. The number of nitrogens with two attached hydrogens (primary N) is 1. The van der Waals surface area contributed by atoms with Gasteiger partial charge in [0, 0.05) is 5.92 Å². The third-order valence-electron chi connectivity index (χ3n) is 4.03. The third kappa shape index (κ3) is 5.87. The lowest BCUT2D eigenvalue weighted by Gasteiger charge is -2.27. The SMILES string of the molecule is C[C@@H](C(N)C(=O)OC(C)(C)C)[C@H](O)c1ccc(OC(=O)c2ccccc2)cn1. The molecule has 0 saturated carbocycles. The molecule has 3 atom stereocenters. The fraction of sp³-hybridized carbons (Fsp3) is 0.381. The molecule has 2 rings (SSSR count). The first kappa shape index (κ1) is 21.5. The zero-order valence-corrected chi connectivity index (χ0v) is 16.5. The zero-order chi connectivity index (χ0) is 20.9. The number of aliphatic hydroxyl groups is 1. The number of carbonyl (C=O) groups is 2. The van der Waals surface area contributed by atoms with Crippen molar-refractivity contribution in [1.29, 1.82) is 0 Å². The Kier molecular flexibility index (Phi) is 6.88. The average Bonchev–Trinajstić information content (AvgIpc) is 2.66. The second kappa shape index (κ2) is 8.95. The Balaban J connectivity index is 2.01. The summed E-state index contributed by atoms with van der Waals surface area (Å²) in [5.74, 6) is -1.47. The Morgan fingerprint density at radius 2 is 1.75 bits per heavy atom. The quantitative estimate of drug-likeness (QED) is 0.734. The van der Waals surface area contributed by atoms with Crippen LogP contribution in [0.1, 0.15) is 49.9 Å². The molecule has 1 aromatic heterocycles. The zero-order valence-electron chi connectivity index (χ0n) is 16.5. The first-order chi connectivity index (χ1) is 13.1. The molecule has 1 aromatic carbocycles. The second-order valence-electron chi connectivity index (χ2n) is 7.54. The molecule has 0 saturated heterocycles. The van der Waals surface area contributed by atoms with Crippen LogP contribution in [-0.4, -0.2) is 33.7 Å². The van der Waals surface area contributed by atoms with E-state index in [4.69, 9.17) is 15.2 Å². The Labute approximate surface area is 164 Å². The minimum Gasteiger partial charge on any atom is -0.459 e. The molecular weight excluding hydrogens is 360 g/mol. The lowest BCUT2D eigenvalue weighted by molar-refractivity contribution is -0.159. The molecule has 1 unspecified atom stereocenters. The maximum Gasteiger partial charge on any atom is 0.343 e. The molecule has 28 heavy (non-hydrogen) atoms. The predicted molar refractivity (Wildman–Crippen MR) is 104 cm³/mol. The highest BCUT2D eigenvalue weighted by Crippen LogP contribution is 2.25. The molecule has 3 N–H and O–H groups in total. The van der Waals surface area contributed by atoms with Gasteiger partial charge in [-0.15, -0.1) is 0 Å². The van der Waals surface area contributed by atoms with Crippen LogP contribution in [0, 0.1) is 5.92 Å². The minimum absolute atomic E-state index is 0.244. The Hall–Kier alpha value is -2.77. The third-order valence-corrected chi connectivity index (χ3v) is 4.03. The van der Waals surface area contributed by atoms with Crippen LogP contribution in [0.3, 0.4) is 0 Å². The molecule has 0 radical (unpaired) electrons. The molecule has 7 heteroatoms. The van der Waals surface area contributed by atoms with Gasteiger partial charge in [0.15, 0.2) is 0 Å². The molecule has 1 heterocycles. The molecule has 0 aliphatic heterocycles. The Bertz CT molecular complexity index is 800. The van der Waals surface area contributed by atoms with Gasteiger partial charge in [0.25, 0.3) is 0 Å². The summed E-state index contributed by atoms with van der Waals surface area (Å²) < 4.78 is 10.5. The average molecular weight is 386 g/mol. The van der Waals surface area contributed by atoms with Crippen LogP contribution in [0.4, 0.5) is 0 Å². The number of esters is 2. The van der Waals surface area contributed by atoms with E-state index in [9.17, 15) is 14.7 Å². The Morgan fingerprint density at radius 1 is 1.11 bits per heavy atom. The van der Waals surface area contributed by atoms with Crippen molar-refractivity contribution < 1.29 is 24.2 Å². The van der Waals surface area contributed by atoms with Gasteiger partial charge < -0.3 is 20.3 Å². The van der Waals surface area contributed by atoms with Crippen molar-refractivity contribution in [3.63, 3.8) is 0 Å². The molecule has 0 spiro atoms. The lowest BCUT2D eigenvalue weighted by atomic mass is 9.93. The van der Waals surface area contributed by atoms with Gasteiger partial charge in [0.2, 0.25) is 0 Å². The summed E-state index contributed by atoms with van der Waals surface area (Å²) in [6, 6.07) is 10.6. The molecule has 0 fully saturated rings. The molecule has 0 bridgehead atoms. The van der Waals surface area contributed by atoms with Crippen LogP contribution in [0.15, 0.2) is 48.7 Å². The normalized spacial score (nSPS) is 14.6. The summed E-state index contributed by atoms with van der Waals surface area (Å²) in [5.41, 5.74) is 6.00. The highest BCUT2D eigenvalue weighted by Gasteiger charge is 2.32. The van der Waals surface area contributed by atoms with Gasteiger partial charge in [-0.2, -0.15) is 0 Å². The van der Waals surface area contributed by atoms with Gasteiger partial charge in [-0.3, -0.25) is 9.78 Å². The van der Waals surface area contributed by atoms with Crippen LogP contribution in [0.25, 0.3) is 0 Å². The predicted octanol–water partition coefficient (Wildman–Crippen LogP) is 2.64. The largest absolute Gasteiger partial charge is 0.459 e. The van der Waals surface area contributed by atoms with Crippen LogP contribution in [0.2, 0.25) is 0 Å². The lowest BCUT2D eigenvalue weighted by Crippen LogP contribution is -2.43. The number of aromatic nitrogens is 1. The van der Waals surface area contributed by atoms with Crippen LogP contribution in [0.5, 0.6) is 5.75 Å². The Morgan fingerprint density at radius 3 is 2.29 bits per heavy atom. The van der Waals surface area contributed by atoms with Crippen LogP contribution >= 0.6 is 0 Å². The molecule has 0 amide bonds. The van der Waals surface area contributed by atoms with E-state index >= 15 is 0 Å². The summed E-state index contributed by atoms with van der Waals surface area (Å²) in [5, 5.41) is 10.5. The number of benzene rings is 1. The van der Waals surface area contributed by atoms with Gasteiger partial charge in [-0.05, 0) is 45.0 Å². The van der Waals surface area contributed by atoms with Crippen molar-refractivity contribution in [2.45, 2.75) is 45.4 Å². The van der Waals surface area contributed by atoms with E-state index < -0.39 is 35.6 Å². The van der Waals surface area contributed by atoms with E-state index in [1.54, 1.807) is 58.0 Å². The molecule has 0 aliphatic rings. The molecule has 0 aliphatic carbocycles. The van der Waals surface area contributed by atoms with Gasteiger partial charge in [-0.25, -0.2) is 4.79 Å². The first-order valence-corrected chi connectivity index (χ1v) is 8.98. The number of pyridine rings is 1. The summed E-state index contributed by atoms with van der Waals surface area (Å²) in [7, 11) is 0. The topological polar surface area (TPSA) is 112 Å². The summed E-state index contributed by atoms with van der Waals surface area (Å²) in [6.07, 6.45) is 0.256. The van der Waals surface area contributed by atoms with Crippen molar-refractivity contribution >= 4 is 11.9 Å². The molecule has 150 valence electrons. The van der Waals surface area contributed by atoms with Crippen molar-refractivity contribution in [2.75, 3.05) is 0 Å². The first-order valence-electron chi connectivity index (χ1n) is 8.98. The molecular formula is C21H26N2O5.